The molecule has 3 rings (SSSR count). The monoisotopic (exact) mass is 395 g/mol. The maximum atomic E-state index is 12.0. The predicted octanol–water partition coefficient (Wildman–Crippen LogP) is 3.89. The first-order chi connectivity index (χ1) is 13.9. The van der Waals surface area contributed by atoms with Crippen LogP contribution in [-0.4, -0.2) is 28.4 Å². The average molecular weight is 395 g/mol. The molecule has 0 atom stereocenters. The van der Waals surface area contributed by atoms with Crippen molar-refractivity contribution in [3.8, 4) is 0 Å². The van der Waals surface area contributed by atoms with E-state index in [1.165, 1.54) is 18.2 Å². The van der Waals surface area contributed by atoms with Gasteiger partial charge < -0.3 is 15.0 Å². The highest BCUT2D eigenvalue weighted by atomic mass is 16.6. The summed E-state index contributed by atoms with van der Waals surface area (Å²) in [5.74, 6) is -0.938. The zero-order valence-electron chi connectivity index (χ0n) is 15.9. The number of H-pyrrole nitrogens is 1. The standard InChI is InChI=1S/C21H21N3O5/c1-14-11-16(24(27)28)9-10-18(14)23-20(25)13-29-21(26)8-4-5-15-12-22-19-7-3-2-6-17(15)19/h2-3,6-7,9-12,22H,4-5,8,13H2,1H3,(H,23,25). The molecular weight excluding hydrogens is 374 g/mol. The van der Waals surface area contributed by atoms with E-state index in [2.05, 4.69) is 10.3 Å². The van der Waals surface area contributed by atoms with Crippen molar-refractivity contribution in [2.24, 2.45) is 0 Å². The Bertz CT molecular complexity index is 1060. The third-order valence-corrected chi connectivity index (χ3v) is 4.56. The van der Waals surface area contributed by atoms with Gasteiger partial charge in [0.05, 0.1) is 4.92 Å². The molecule has 150 valence electrons. The van der Waals surface area contributed by atoms with Crippen LogP contribution in [-0.2, 0) is 20.7 Å². The second kappa shape index (κ2) is 9.01. The van der Waals surface area contributed by atoms with Crippen molar-refractivity contribution >= 4 is 34.2 Å². The van der Waals surface area contributed by atoms with E-state index in [1.807, 2.05) is 30.5 Å². The molecule has 0 saturated heterocycles. The highest BCUT2D eigenvalue weighted by Gasteiger charge is 2.12. The fourth-order valence-corrected chi connectivity index (χ4v) is 3.07. The number of carbonyl (C=O) groups excluding carboxylic acids is 2. The van der Waals surface area contributed by atoms with E-state index in [1.54, 1.807) is 6.92 Å². The van der Waals surface area contributed by atoms with Crippen molar-refractivity contribution in [2.45, 2.75) is 26.2 Å². The number of anilines is 1. The maximum absolute atomic E-state index is 12.0. The Morgan fingerprint density at radius 1 is 1.21 bits per heavy atom. The minimum Gasteiger partial charge on any atom is -0.456 e. The van der Waals surface area contributed by atoms with Gasteiger partial charge >= 0.3 is 5.97 Å². The first kappa shape index (κ1) is 20.1. The van der Waals surface area contributed by atoms with E-state index in [4.69, 9.17) is 4.74 Å². The predicted molar refractivity (Wildman–Crippen MR) is 109 cm³/mol. The summed E-state index contributed by atoms with van der Waals surface area (Å²) in [5, 5.41) is 14.5. The van der Waals surface area contributed by atoms with Crippen molar-refractivity contribution in [2.75, 3.05) is 11.9 Å². The average Bonchev–Trinajstić information content (AvgIpc) is 3.11. The molecular formula is C21H21N3O5. The highest BCUT2D eigenvalue weighted by molar-refractivity contribution is 5.93. The summed E-state index contributed by atoms with van der Waals surface area (Å²) in [6.45, 7) is 1.25. The van der Waals surface area contributed by atoms with E-state index in [9.17, 15) is 19.7 Å². The van der Waals surface area contributed by atoms with Crippen LogP contribution in [0.1, 0.15) is 24.0 Å². The summed E-state index contributed by atoms with van der Waals surface area (Å²) in [6, 6.07) is 12.1. The van der Waals surface area contributed by atoms with Crippen LogP contribution in [0.2, 0.25) is 0 Å². The van der Waals surface area contributed by atoms with E-state index in [-0.39, 0.29) is 12.1 Å². The minimum atomic E-state index is -0.503. The Morgan fingerprint density at radius 2 is 2.00 bits per heavy atom. The molecule has 0 spiro atoms. The molecule has 0 bridgehead atoms. The smallest absolute Gasteiger partial charge is 0.306 e. The van der Waals surface area contributed by atoms with Crippen LogP contribution in [0.3, 0.4) is 0 Å². The van der Waals surface area contributed by atoms with E-state index < -0.39 is 23.4 Å². The Balaban J connectivity index is 1.42. The van der Waals surface area contributed by atoms with Crippen LogP contribution in [0.25, 0.3) is 10.9 Å². The molecule has 0 unspecified atom stereocenters. The van der Waals surface area contributed by atoms with Crippen LogP contribution in [0.5, 0.6) is 0 Å². The number of nitrogens with one attached hydrogen (secondary N) is 2. The van der Waals surface area contributed by atoms with Crippen molar-refractivity contribution in [3.63, 3.8) is 0 Å². The highest BCUT2D eigenvalue weighted by Crippen LogP contribution is 2.21. The number of esters is 1. The summed E-state index contributed by atoms with van der Waals surface area (Å²) in [6.07, 6.45) is 3.50. The SMILES string of the molecule is Cc1cc([N+](=O)[O-])ccc1NC(=O)COC(=O)CCCc1c[nH]c2ccccc12. The molecule has 8 nitrogen and oxygen atoms in total. The first-order valence-corrected chi connectivity index (χ1v) is 9.19. The third kappa shape index (κ3) is 5.19. The van der Waals surface area contributed by atoms with Crippen molar-refractivity contribution in [1.82, 2.24) is 4.98 Å². The molecule has 0 radical (unpaired) electrons. The number of nitrogens with zero attached hydrogens (tertiary/aromatic N) is 1. The number of aryl methyl sites for hydroxylation is 2. The van der Waals surface area contributed by atoms with E-state index in [0.717, 1.165) is 22.9 Å². The number of aromatic amines is 1. The van der Waals surface area contributed by atoms with Gasteiger partial charge in [0.25, 0.3) is 11.6 Å². The lowest BCUT2D eigenvalue weighted by atomic mass is 10.1. The number of nitro benzene ring substituents is 1. The van der Waals surface area contributed by atoms with Gasteiger partial charge in [-0.15, -0.1) is 0 Å². The van der Waals surface area contributed by atoms with Gasteiger partial charge in [0, 0.05) is 41.3 Å². The van der Waals surface area contributed by atoms with Gasteiger partial charge in [-0.05, 0) is 43.0 Å². The number of ether oxygens (including phenoxy) is 1. The van der Waals surface area contributed by atoms with Gasteiger partial charge in [0.15, 0.2) is 6.61 Å². The number of aromatic nitrogens is 1. The molecule has 29 heavy (non-hydrogen) atoms. The number of amides is 1. The Morgan fingerprint density at radius 3 is 2.76 bits per heavy atom. The summed E-state index contributed by atoms with van der Waals surface area (Å²) in [5.41, 5.74) is 3.14. The molecule has 0 aliphatic carbocycles. The molecule has 2 N–H and O–H groups in total. The van der Waals surface area contributed by atoms with Crippen molar-refractivity contribution < 1.29 is 19.2 Å². The molecule has 8 heteroatoms. The second-order valence-electron chi connectivity index (χ2n) is 6.68. The van der Waals surface area contributed by atoms with Gasteiger partial charge in [0.1, 0.15) is 0 Å². The molecule has 2 aromatic carbocycles. The molecule has 1 aromatic heterocycles. The number of hydrogen-bond donors (Lipinski definition) is 2. The zero-order valence-corrected chi connectivity index (χ0v) is 15.9. The first-order valence-electron chi connectivity index (χ1n) is 9.19. The molecule has 1 heterocycles. The molecule has 0 fully saturated rings. The van der Waals surface area contributed by atoms with Crippen LogP contribution in [0.15, 0.2) is 48.7 Å². The number of hydrogen-bond acceptors (Lipinski definition) is 5. The fraction of sp³-hybridized carbons (Fsp3) is 0.238. The zero-order chi connectivity index (χ0) is 20.8. The number of carbonyl (C=O) groups is 2. The van der Waals surface area contributed by atoms with Crippen LogP contribution < -0.4 is 5.32 Å². The van der Waals surface area contributed by atoms with Gasteiger partial charge in [0.2, 0.25) is 0 Å². The minimum absolute atomic E-state index is 0.0536. The lowest BCUT2D eigenvalue weighted by molar-refractivity contribution is -0.384. The Hall–Kier alpha value is -3.68. The molecule has 1 amide bonds. The van der Waals surface area contributed by atoms with Crippen molar-refractivity contribution in [3.05, 3.63) is 69.9 Å². The molecule has 0 aliphatic heterocycles. The number of nitro groups is 1. The Labute approximate surface area is 167 Å². The van der Waals surface area contributed by atoms with Crippen LogP contribution >= 0.6 is 0 Å². The quantitative estimate of drug-likeness (QED) is 0.341. The van der Waals surface area contributed by atoms with Gasteiger partial charge in [-0.3, -0.25) is 19.7 Å². The normalized spacial score (nSPS) is 10.7. The lowest BCUT2D eigenvalue weighted by Crippen LogP contribution is -2.21. The fourth-order valence-electron chi connectivity index (χ4n) is 3.07. The van der Waals surface area contributed by atoms with Crippen LogP contribution in [0.4, 0.5) is 11.4 Å². The number of fused-ring (bicyclic) bond motifs is 1. The topological polar surface area (TPSA) is 114 Å². The summed E-state index contributed by atoms with van der Waals surface area (Å²) in [4.78, 5) is 37.3. The maximum Gasteiger partial charge on any atom is 0.306 e. The molecule has 3 aromatic rings. The van der Waals surface area contributed by atoms with E-state index >= 15 is 0 Å². The summed E-state index contributed by atoms with van der Waals surface area (Å²) in [7, 11) is 0. The number of rotatable bonds is 8. The van der Waals surface area contributed by atoms with Crippen LogP contribution in [0, 0.1) is 17.0 Å². The summed E-state index contributed by atoms with van der Waals surface area (Å²) < 4.78 is 5.02. The lowest BCUT2D eigenvalue weighted by Gasteiger charge is -2.09. The summed E-state index contributed by atoms with van der Waals surface area (Å²) >= 11 is 0. The van der Waals surface area contributed by atoms with E-state index in [0.29, 0.717) is 17.7 Å². The number of para-hydroxylation sites is 1. The second-order valence-corrected chi connectivity index (χ2v) is 6.68. The van der Waals surface area contributed by atoms with Gasteiger partial charge in [-0.2, -0.15) is 0 Å². The Kier molecular flexibility index (Phi) is 6.23. The van der Waals surface area contributed by atoms with Gasteiger partial charge in [-0.25, -0.2) is 0 Å². The number of non-ortho nitro benzene ring substituents is 1. The largest absolute Gasteiger partial charge is 0.456 e. The third-order valence-electron chi connectivity index (χ3n) is 4.56. The molecule has 0 aliphatic rings. The molecule has 0 saturated carbocycles. The number of benzene rings is 2. The van der Waals surface area contributed by atoms with Gasteiger partial charge in [-0.1, -0.05) is 18.2 Å². The van der Waals surface area contributed by atoms with Crippen molar-refractivity contribution in [1.29, 1.82) is 0 Å².